The Morgan fingerprint density at radius 1 is 1.21 bits per heavy atom. The summed E-state index contributed by atoms with van der Waals surface area (Å²) in [5.41, 5.74) is 1.36. The zero-order valence-electron chi connectivity index (χ0n) is 11.6. The van der Waals surface area contributed by atoms with Crippen LogP contribution in [0.4, 0.5) is 0 Å². The van der Waals surface area contributed by atoms with E-state index in [2.05, 4.69) is 42.3 Å². The van der Waals surface area contributed by atoms with E-state index in [1.807, 2.05) is 0 Å². The molecule has 1 rings (SSSR count). The zero-order valence-corrected chi connectivity index (χ0v) is 11.6. The van der Waals surface area contributed by atoms with E-state index in [-0.39, 0.29) is 5.97 Å². The van der Waals surface area contributed by atoms with Crippen LogP contribution in [0.3, 0.4) is 0 Å². The van der Waals surface area contributed by atoms with Gasteiger partial charge in [-0.25, -0.2) is 4.79 Å². The van der Waals surface area contributed by atoms with Crippen molar-refractivity contribution >= 4 is 5.97 Å². The molecule has 0 aromatic heterocycles. The van der Waals surface area contributed by atoms with E-state index in [0.29, 0.717) is 11.5 Å². The molecule has 2 heteroatoms. The second kappa shape index (κ2) is 8.01. The van der Waals surface area contributed by atoms with Gasteiger partial charge in [0.25, 0.3) is 0 Å². The first kappa shape index (κ1) is 14.9. The predicted molar refractivity (Wildman–Crippen MR) is 76.5 cm³/mol. The molecule has 0 aliphatic carbocycles. The minimum atomic E-state index is -0.340. The Morgan fingerprint density at radius 2 is 1.89 bits per heavy atom. The zero-order chi connectivity index (χ0) is 14.1. The summed E-state index contributed by atoms with van der Waals surface area (Å²) in [6.45, 7) is 4.35. The van der Waals surface area contributed by atoms with Gasteiger partial charge in [-0.3, -0.25) is 0 Å². The van der Waals surface area contributed by atoms with Gasteiger partial charge >= 0.3 is 5.97 Å². The van der Waals surface area contributed by atoms with Crippen LogP contribution in [0.5, 0.6) is 0 Å². The average Bonchev–Trinajstić information content (AvgIpc) is 2.42. The molecule has 0 N–H and O–H groups in total. The molecule has 0 saturated carbocycles. The fraction of sp³-hybridized carbons (Fsp3) is 0.353. The predicted octanol–water partition coefficient (Wildman–Crippen LogP) is 3.26. The van der Waals surface area contributed by atoms with E-state index in [0.717, 1.165) is 18.4 Å². The summed E-state index contributed by atoms with van der Waals surface area (Å²) in [5.74, 6) is 11.9. The molecule has 19 heavy (non-hydrogen) atoms. The minimum Gasteiger partial charge on any atom is -0.465 e. The first-order valence-electron chi connectivity index (χ1n) is 6.30. The van der Waals surface area contributed by atoms with Crippen LogP contribution >= 0.6 is 0 Å². The SMILES string of the molecule is COC(=O)c1ccc(C#CC#CCCC(C)C)cc1. The van der Waals surface area contributed by atoms with Gasteiger partial charge in [-0.1, -0.05) is 25.7 Å². The van der Waals surface area contributed by atoms with Gasteiger partial charge in [0.2, 0.25) is 0 Å². The number of hydrogen-bond donors (Lipinski definition) is 0. The Hall–Kier alpha value is -2.19. The van der Waals surface area contributed by atoms with Gasteiger partial charge in [0, 0.05) is 12.0 Å². The number of carbonyl (C=O) groups excluding carboxylic acids is 1. The Bertz CT molecular complexity index is 531. The summed E-state index contributed by atoms with van der Waals surface area (Å²) >= 11 is 0. The third-order valence-corrected chi connectivity index (χ3v) is 2.51. The number of ether oxygens (including phenoxy) is 1. The molecule has 2 nitrogen and oxygen atoms in total. The second-order valence-electron chi connectivity index (χ2n) is 4.55. The lowest BCUT2D eigenvalue weighted by Crippen LogP contribution is -2.00. The van der Waals surface area contributed by atoms with Gasteiger partial charge < -0.3 is 4.74 Å². The van der Waals surface area contributed by atoms with Crippen molar-refractivity contribution in [1.82, 2.24) is 0 Å². The highest BCUT2D eigenvalue weighted by atomic mass is 16.5. The number of hydrogen-bond acceptors (Lipinski definition) is 2. The molecule has 0 spiro atoms. The molecule has 1 aromatic carbocycles. The van der Waals surface area contributed by atoms with Gasteiger partial charge in [0.1, 0.15) is 0 Å². The first-order chi connectivity index (χ1) is 9.13. The van der Waals surface area contributed by atoms with Gasteiger partial charge in [-0.15, -0.1) is 0 Å². The van der Waals surface area contributed by atoms with Gasteiger partial charge in [0.05, 0.1) is 12.7 Å². The third-order valence-electron chi connectivity index (χ3n) is 2.51. The van der Waals surface area contributed by atoms with Crippen LogP contribution < -0.4 is 0 Å². The molecule has 0 fully saturated rings. The maximum atomic E-state index is 11.2. The molecular weight excluding hydrogens is 236 g/mol. The summed E-state index contributed by atoms with van der Waals surface area (Å²) < 4.78 is 4.62. The second-order valence-corrected chi connectivity index (χ2v) is 4.55. The van der Waals surface area contributed by atoms with Gasteiger partial charge in [-0.2, -0.15) is 0 Å². The van der Waals surface area contributed by atoms with E-state index in [4.69, 9.17) is 0 Å². The lowest BCUT2D eigenvalue weighted by atomic mass is 10.1. The topological polar surface area (TPSA) is 26.3 Å². The third kappa shape index (κ3) is 5.80. The summed E-state index contributed by atoms with van der Waals surface area (Å²) in [6.07, 6.45) is 1.98. The van der Waals surface area contributed by atoms with E-state index < -0.39 is 0 Å². The average molecular weight is 254 g/mol. The molecule has 0 unspecified atom stereocenters. The van der Waals surface area contributed by atoms with Crippen molar-refractivity contribution in [1.29, 1.82) is 0 Å². The Morgan fingerprint density at radius 3 is 2.47 bits per heavy atom. The van der Waals surface area contributed by atoms with Gasteiger partial charge in [0.15, 0.2) is 0 Å². The van der Waals surface area contributed by atoms with E-state index in [1.165, 1.54) is 7.11 Å². The molecule has 0 bridgehead atoms. The number of esters is 1. The Balaban J connectivity index is 2.56. The molecule has 0 saturated heterocycles. The molecule has 0 aliphatic rings. The Kier molecular flexibility index (Phi) is 6.27. The number of rotatable bonds is 3. The van der Waals surface area contributed by atoms with Gasteiger partial charge in [-0.05, 0) is 48.4 Å². The standard InChI is InChI=1S/C17H18O2/c1-14(2)8-6-4-5-7-9-15-10-12-16(13-11-15)17(18)19-3/h10-14H,6,8H2,1-3H3. The number of methoxy groups -OCH3 is 1. The first-order valence-corrected chi connectivity index (χ1v) is 6.30. The maximum absolute atomic E-state index is 11.2. The summed E-state index contributed by atoms with van der Waals surface area (Å²) in [7, 11) is 1.36. The summed E-state index contributed by atoms with van der Waals surface area (Å²) in [6, 6.07) is 6.97. The lowest BCUT2D eigenvalue weighted by molar-refractivity contribution is 0.0601. The van der Waals surface area contributed by atoms with Crippen molar-refractivity contribution in [3.63, 3.8) is 0 Å². The van der Waals surface area contributed by atoms with Crippen molar-refractivity contribution in [3.8, 4) is 23.7 Å². The van der Waals surface area contributed by atoms with Crippen molar-refractivity contribution in [2.75, 3.05) is 7.11 Å². The number of benzene rings is 1. The molecule has 0 aliphatic heterocycles. The van der Waals surface area contributed by atoms with Crippen LogP contribution in [-0.4, -0.2) is 13.1 Å². The van der Waals surface area contributed by atoms with Crippen LogP contribution in [-0.2, 0) is 4.74 Å². The largest absolute Gasteiger partial charge is 0.465 e. The molecule has 98 valence electrons. The molecule has 0 heterocycles. The maximum Gasteiger partial charge on any atom is 0.337 e. The highest BCUT2D eigenvalue weighted by molar-refractivity contribution is 5.89. The quantitative estimate of drug-likeness (QED) is 0.611. The van der Waals surface area contributed by atoms with Crippen molar-refractivity contribution in [3.05, 3.63) is 35.4 Å². The number of carbonyl (C=O) groups is 1. The smallest absolute Gasteiger partial charge is 0.337 e. The van der Waals surface area contributed by atoms with Crippen LogP contribution in [0, 0.1) is 29.6 Å². The molecule has 0 radical (unpaired) electrons. The van der Waals surface area contributed by atoms with Crippen molar-refractivity contribution in [2.24, 2.45) is 5.92 Å². The highest BCUT2D eigenvalue weighted by Gasteiger charge is 2.02. The summed E-state index contributed by atoms with van der Waals surface area (Å²) in [5, 5.41) is 0. The molecule has 0 atom stereocenters. The lowest BCUT2D eigenvalue weighted by Gasteiger charge is -1.97. The van der Waals surface area contributed by atoms with E-state index in [9.17, 15) is 4.79 Å². The monoisotopic (exact) mass is 254 g/mol. The van der Waals surface area contributed by atoms with Crippen LogP contribution in [0.25, 0.3) is 0 Å². The molecular formula is C17H18O2. The van der Waals surface area contributed by atoms with Crippen LogP contribution in [0.15, 0.2) is 24.3 Å². The highest BCUT2D eigenvalue weighted by Crippen LogP contribution is 2.04. The summed E-state index contributed by atoms with van der Waals surface area (Å²) in [4.78, 5) is 11.2. The molecule has 1 aromatic rings. The van der Waals surface area contributed by atoms with Crippen LogP contribution in [0.1, 0.15) is 42.6 Å². The van der Waals surface area contributed by atoms with E-state index in [1.54, 1.807) is 24.3 Å². The van der Waals surface area contributed by atoms with E-state index >= 15 is 0 Å². The minimum absolute atomic E-state index is 0.340. The fourth-order valence-corrected chi connectivity index (χ4v) is 1.38. The normalized spacial score (nSPS) is 9.05. The fourth-order valence-electron chi connectivity index (χ4n) is 1.38. The Labute approximate surface area is 115 Å². The molecule has 0 amide bonds. The van der Waals surface area contributed by atoms with Crippen molar-refractivity contribution < 1.29 is 9.53 Å². The van der Waals surface area contributed by atoms with Crippen LogP contribution in [0.2, 0.25) is 0 Å². The van der Waals surface area contributed by atoms with Crippen molar-refractivity contribution in [2.45, 2.75) is 26.7 Å².